The van der Waals surface area contributed by atoms with Gasteiger partial charge in [0.15, 0.2) is 0 Å². The van der Waals surface area contributed by atoms with Gasteiger partial charge in [-0.1, -0.05) is 48.5 Å². The summed E-state index contributed by atoms with van der Waals surface area (Å²) in [4.78, 5) is 24.2. The molecule has 0 aliphatic heterocycles. The Morgan fingerprint density at radius 3 is 2.54 bits per heavy atom. The van der Waals surface area contributed by atoms with Crippen molar-refractivity contribution in [1.82, 2.24) is 5.32 Å². The van der Waals surface area contributed by atoms with Gasteiger partial charge in [-0.2, -0.15) is 5.26 Å². The summed E-state index contributed by atoms with van der Waals surface area (Å²) >= 11 is 0. The topological polar surface area (TPSA) is 82.0 Å². The molecule has 0 aliphatic rings. The molecule has 0 aromatic heterocycles. The summed E-state index contributed by atoms with van der Waals surface area (Å²) in [6, 6.07) is 22.3. The van der Waals surface area contributed by atoms with Crippen LogP contribution in [0.1, 0.15) is 11.1 Å². The van der Waals surface area contributed by atoms with E-state index in [9.17, 15) is 9.59 Å². The van der Waals surface area contributed by atoms with Gasteiger partial charge in [0.05, 0.1) is 24.6 Å². The van der Waals surface area contributed by atoms with Crippen molar-refractivity contribution in [3.63, 3.8) is 0 Å². The van der Waals surface area contributed by atoms with E-state index in [2.05, 4.69) is 10.6 Å². The van der Waals surface area contributed by atoms with Crippen LogP contribution in [0.5, 0.6) is 0 Å². The minimum absolute atomic E-state index is 0.125. The largest absolute Gasteiger partial charge is 0.347 e. The fourth-order valence-electron chi connectivity index (χ4n) is 2.73. The van der Waals surface area contributed by atoms with Crippen molar-refractivity contribution in [2.24, 2.45) is 0 Å². The van der Waals surface area contributed by atoms with Gasteiger partial charge in [-0.3, -0.25) is 9.59 Å². The predicted molar refractivity (Wildman–Crippen MR) is 100 cm³/mol. The molecule has 0 radical (unpaired) electrons. The molecule has 0 aliphatic carbocycles. The molecule has 2 amide bonds. The summed E-state index contributed by atoms with van der Waals surface area (Å²) in [5.74, 6) is -0.561. The first-order chi connectivity index (χ1) is 12.7. The zero-order valence-corrected chi connectivity index (χ0v) is 14.0. The minimum Gasteiger partial charge on any atom is -0.347 e. The molecule has 26 heavy (non-hydrogen) atoms. The Hall–Kier alpha value is -3.65. The summed E-state index contributed by atoms with van der Waals surface area (Å²) in [7, 11) is 0. The van der Waals surface area contributed by atoms with Crippen LogP contribution in [0.3, 0.4) is 0 Å². The maximum atomic E-state index is 12.2. The molecule has 0 unspecified atom stereocenters. The number of hydrogen-bond donors (Lipinski definition) is 2. The first-order valence-electron chi connectivity index (χ1n) is 8.19. The molecule has 0 fully saturated rings. The predicted octanol–water partition coefficient (Wildman–Crippen LogP) is 3.01. The van der Waals surface area contributed by atoms with Crippen molar-refractivity contribution in [3.05, 3.63) is 77.9 Å². The highest BCUT2D eigenvalue weighted by atomic mass is 16.2. The molecular weight excluding hydrogens is 326 g/mol. The number of fused-ring (bicyclic) bond motifs is 1. The molecule has 128 valence electrons. The normalized spacial score (nSPS) is 10.1. The summed E-state index contributed by atoms with van der Waals surface area (Å²) in [6.45, 7) is -0.125. The third-order valence-corrected chi connectivity index (χ3v) is 3.95. The number of nitriles is 1. The van der Waals surface area contributed by atoms with E-state index in [4.69, 9.17) is 5.26 Å². The Morgan fingerprint density at radius 1 is 0.923 bits per heavy atom. The van der Waals surface area contributed by atoms with Crippen LogP contribution in [-0.4, -0.2) is 18.4 Å². The lowest BCUT2D eigenvalue weighted by molar-refractivity contribution is -0.123. The van der Waals surface area contributed by atoms with Crippen LogP contribution in [0, 0.1) is 11.3 Å². The lowest BCUT2D eigenvalue weighted by Gasteiger charge is -2.09. The van der Waals surface area contributed by atoms with Gasteiger partial charge in [-0.15, -0.1) is 0 Å². The quantitative estimate of drug-likeness (QED) is 0.747. The van der Waals surface area contributed by atoms with Crippen LogP contribution in [0.25, 0.3) is 10.8 Å². The molecular formula is C21H17N3O2. The molecule has 0 bridgehead atoms. The lowest BCUT2D eigenvalue weighted by atomic mass is 10.0. The summed E-state index contributed by atoms with van der Waals surface area (Å²) in [6.07, 6.45) is 0.207. The molecule has 3 aromatic rings. The maximum Gasteiger partial charge on any atom is 0.243 e. The summed E-state index contributed by atoms with van der Waals surface area (Å²) < 4.78 is 0. The molecule has 2 N–H and O–H groups in total. The monoisotopic (exact) mass is 343 g/mol. The minimum atomic E-state index is -0.341. The Morgan fingerprint density at radius 2 is 1.69 bits per heavy atom. The molecule has 0 saturated heterocycles. The SMILES string of the molecule is N#Cc1cccc(NC(=O)CNC(=O)Cc2cccc3ccccc23)c1. The molecule has 0 atom stereocenters. The van der Waals surface area contributed by atoms with Crippen LogP contribution < -0.4 is 10.6 Å². The van der Waals surface area contributed by atoms with E-state index in [0.717, 1.165) is 16.3 Å². The van der Waals surface area contributed by atoms with Gasteiger partial charge in [0, 0.05) is 5.69 Å². The van der Waals surface area contributed by atoms with Gasteiger partial charge >= 0.3 is 0 Å². The average molecular weight is 343 g/mol. The van der Waals surface area contributed by atoms with Gasteiger partial charge in [0.1, 0.15) is 0 Å². The van der Waals surface area contributed by atoms with E-state index >= 15 is 0 Å². The van der Waals surface area contributed by atoms with Crippen LogP contribution in [0.15, 0.2) is 66.7 Å². The van der Waals surface area contributed by atoms with Crippen molar-refractivity contribution in [2.45, 2.75) is 6.42 Å². The van der Waals surface area contributed by atoms with E-state index in [0.29, 0.717) is 11.3 Å². The summed E-state index contributed by atoms with van der Waals surface area (Å²) in [5, 5.41) is 16.3. The molecule has 5 heteroatoms. The Balaban J connectivity index is 1.56. The Bertz CT molecular complexity index is 1000. The van der Waals surface area contributed by atoms with E-state index < -0.39 is 0 Å². The van der Waals surface area contributed by atoms with Crippen LogP contribution >= 0.6 is 0 Å². The van der Waals surface area contributed by atoms with Gasteiger partial charge < -0.3 is 10.6 Å². The van der Waals surface area contributed by atoms with Crippen LogP contribution in [0.4, 0.5) is 5.69 Å². The zero-order chi connectivity index (χ0) is 18.4. The van der Waals surface area contributed by atoms with Crippen LogP contribution in [0.2, 0.25) is 0 Å². The van der Waals surface area contributed by atoms with Crippen molar-refractivity contribution >= 4 is 28.3 Å². The van der Waals surface area contributed by atoms with E-state index in [1.807, 2.05) is 48.5 Å². The first kappa shape index (κ1) is 17.2. The fraction of sp³-hybridized carbons (Fsp3) is 0.0952. The highest BCUT2D eigenvalue weighted by Crippen LogP contribution is 2.18. The summed E-state index contributed by atoms with van der Waals surface area (Å²) in [5.41, 5.74) is 1.91. The van der Waals surface area contributed by atoms with Crippen molar-refractivity contribution in [1.29, 1.82) is 5.26 Å². The molecule has 3 rings (SSSR count). The third-order valence-electron chi connectivity index (χ3n) is 3.95. The number of carbonyl (C=O) groups is 2. The second-order valence-electron chi connectivity index (χ2n) is 5.83. The van der Waals surface area contributed by atoms with Crippen molar-refractivity contribution in [3.8, 4) is 6.07 Å². The van der Waals surface area contributed by atoms with Gasteiger partial charge in [0.25, 0.3) is 0 Å². The number of benzene rings is 3. The molecule has 5 nitrogen and oxygen atoms in total. The molecule has 0 heterocycles. The maximum absolute atomic E-state index is 12.2. The first-order valence-corrected chi connectivity index (χ1v) is 8.19. The van der Waals surface area contributed by atoms with Gasteiger partial charge in [-0.25, -0.2) is 0 Å². The lowest BCUT2D eigenvalue weighted by Crippen LogP contribution is -2.33. The van der Waals surface area contributed by atoms with Crippen molar-refractivity contribution < 1.29 is 9.59 Å². The van der Waals surface area contributed by atoms with E-state index in [1.54, 1.807) is 24.3 Å². The van der Waals surface area contributed by atoms with Crippen LogP contribution in [-0.2, 0) is 16.0 Å². The number of nitrogens with zero attached hydrogens (tertiary/aromatic N) is 1. The smallest absolute Gasteiger partial charge is 0.243 e. The second kappa shape index (κ2) is 7.95. The van der Waals surface area contributed by atoms with Gasteiger partial charge in [-0.05, 0) is 34.5 Å². The number of amides is 2. The number of nitrogens with one attached hydrogen (secondary N) is 2. The highest BCUT2D eigenvalue weighted by Gasteiger charge is 2.09. The fourth-order valence-corrected chi connectivity index (χ4v) is 2.73. The molecule has 0 spiro atoms. The standard InChI is InChI=1S/C21H17N3O2/c22-13-15-5-3-9-18(11-15)24-21(26)14-23-20(25)12-17-8-4-7-16-6-1-2-10-19(16)17/h1-11H,12,14H2,(H,23,25)(H,24,26). The molecule has 3 aromatic carbocycles. The molecule has 0 saturated carbocycles. The van der Waals surface area contributed by atoms with Gasteiger partial charge in [0.2, 0.25) is 11.8 Å². The Labute approximate surface area is 151 Å². The van der Waals surface area contributed by atoms with E-state index in [1.165, 1.54) is 0 Å². The number of carbonyl (C=O) groups excluding carboxylic acids is 2. The Kier molecular flexibility index (Phi) is 5.25. The average Bonchev–Trinajstić information content (AvgIpc) is 2.67. The third kappa shape index (κ3) is 4.25. The van der Waals surface area contributed by atoms with Crippen molar-refractivity contribution in [2.75, 3.05) is 11.9 Å². The second-order valence-corrected chi connectivity index (χ2v) is 5.83. The number of hydrogen-bond acceptors (Lipinski definition) is 3. The van der Waals surface area contributed by atoms with E-state index in [-0.39, 0.29) is 24.8 Å². The number of rotatable bonds is 5. The highest BCUT2D eigenvalue weighted by molar-refractivity contribution is 5.96. The zero-order valence-electron chi connectivity index (χ0n) is 14.0. The number of anilines is 1.